The fourth-order valence-corrected chi connectivity index (χ4v) is 2.56. The summed E-state index contributed by atoms with van der Waals surface area (Å²) in [6.45, 7) is 3.51. The molecule has 2 rings (SSSR count). The zero-order valence-corrected chi connectivity index (χ0v) is 13.3. The number of hydrogen-bond donors (Lipinski definition) is 1. The lowest BCUT2D eigenvalue weighted by Crippen LogP contribution is -2.24. The number of rotatable bonds is 7. The minimum atomic E-state index is -0.283. The minimum absolute atomic E-state index is 0.0280. The van der Waals surface area contributed by atoms with Gasteiger partial charge < -0.3 is 4.18 Å². The molecule has 1 N–H and O–H groups in total. The molecule has 0 saturated heterocycles. The van der Waals surface area contributed by atoms with Gasteiger partial charge in [-0.2, -0.15) is 0 Å². The summed E-state index contributed by atoms with van der Waals surface area (Å²) >= 11 is 7.16. The summed E-state index contributed by atoms with van der Waals surface area (Å²) in [5, 5.41) is 0.404. The average Bonchev–Trinajstić information content (AvgIpc) is 2.91. The van der Waals surface area contributed by atoms with E-state index in [9.17, 15) is 4.39 Å². The van der Waals surface area contributed by atoms with Crippen molar-refractivity contribution in [3.8, 4) is 0 Å². The Morgan fingerprint density at radius 2 is 2.33 bits per heavy atom. The van der Waals surface area contributed by atoms with E-state index in [1.165, 1.54) is 18.1 Å². The monoisotopic (exact) mass is 332 g/mol. The first-order chi connectivity index (χ1) is 10.2. The summed E-state index contributed by atoms with van der Waals surface area (Å²) in [6.07, 6.45) is 0.628. The maximum Gasteiger partial charge on any atom is 0.128 e. The highest BCUT2D eigenvalue weighted by Crippen LogP contribution is 2.28. The number of amidine groups is 1. The molecule has 0 aromatic heterocycles. The van der Waals surface area contributed by atoms with Gasteiger partial charge in [0, 0.05) is 29.7 Å². The van der Waals surface area contributed by atoms with Gasteiger partial charge in [0.15, 0.2) is 0 Å². The third-order valence-corrected chi connectivity index (χ3v) is 3.81. The van der Waals surface area contributed by atoms with Crippen LogP contribution in [0.25, 0.3) is 0 Å². The molecule has 0 aliphatic carbocycles. The molecule has 0 radical (unpaired) electrons. The first-order valence-electron chi connectivity index (χ1n) is 6.81. The van der Waals surface area contributed by atoms with Gasteiger partial charge in [-0.25, -0.2) is 4.39 Å². The molecule has 0 saturated carbocycles. The van der Waals surface area contributed by atoms with E-state index >= 15 is 0 Å². The molecule has 0 amide bonds. The predicted molar refractivity (Wildman–Crippen MR) is 84.2 cm³/mol. The maximum atomic E-state index is 13.8. The summed E-state index contributed by atoms with van der Waals surface area (Å²) in [5.41, 5.74) is 3.44. The number of nitrogens with zero attached hydrogens (tertiary/aromatic N) is 1. The van der Waals surface area contributed by atoms with Crippen LogP contribution in [0.15, 0.2) is 23.2 Å². The molecule has 1 aromatic carbocycles. The Morgan fingerprint density at radius 1 is 1.48 bits per heavy atom. The summed E-state index contributed by atoms with van der Waals surface area (Å²) in [4.78, 5) is 9.59. The van der Waals surface area contributed by atoms with E-state index in [4.69, 9.17) is 20.6 Å². The van der Waals surface area contributed by atoms with E-state index in [-0.39, 0.29) is 11.7 Å². The van der Waals surface area contributed by atoms with Crippen LogP contribution in [0.2, 0.25) is 5.02 Å². The largest absolute Gasteiger partial charge is 0.313 e. The minimum Gasteiger partial charge on any atom is -0.313 e. The second-order valence-electron chi connectivity index (χ2n) is 4.53. The van der Waals surface area contributed by atoms with Crippen molar-refractivity contribution >= 4 is 29.5 Å². The normalized spacial score (nSPS) is 17.9. The lowest BCUT2D eigenvalue weighted by atomic mass is 9.97. The van der Waals surface area contributed by atoms with Crippen molar-refractivity contribution in [1.82, 2.24) is 5.48 Å². The van der Waals surface area contributed by atoms with E-state index in [2.05, 4.69) is 10.5 Å². The highest BCUT2D eigenvalue weighted by atomic mass is 35.5. The molecule has 1 unspecified atom stereocenters. The van der Waals surface area contributed by atoms with Crippen LogP contribution in [0.1, 0.15) is 24.8 Å². The van der Waals surface area contributed by atoms with Gasteiger partial charge >= 0.3 is 0 Å². The molecule has 1 aliphatic heterocycles. The van der Waals surface area contributed by atoms with Crippen molar-refractivity contribution < 1.29 is 13.4 Å². The molecule has 116 valence electrons. The second-order valence-corrected chi connectivity index (χ2v) is 6.02. The van der Waals surface area contributed by atoms with Crippen LogP contribution in [-0.4, -0.2) is 31.3 Å². The van der Waals surface area contributed by atoms with Crippen molar-refractivity contribution in [2.45, 2.75) is 19.3 Å². The average molecular weight is 333 g/mol. The van der Waals surface area contributed by atoms with Crippen molar-refractivity contribution in [2.24, 2.45) is 4.99 Å². The van der Waals surface area contributed by atoms with E-state index in [1.54, 1.807) is 12.1 Å². The van der Waals surface area contributed by atoms with Crippen molar-refractivity contribution in [3.05, 3.63) is 34.6 Å². The number of aliphatic imine (C=N–C) groups is 1. The first-order valence-corrected chi connectivity index (χ1v) is 8.10. The molecule has 7 heteroatoms. The Kier molecular flexibility index (Phi) is 6.76. The molecule has 21 heavy (non-hydrogen) atoms. The lowest BCUT2D eigenvalue weighted by molar-refractivity contribution is 0.0634. The van der Waals surface area contributed by atoms with Gasteiger partial charge in [0.1, 0.15) is 11.7 Å². The van der Waals surface area contributed by atoms with Gasteiger partial charge in [0.05, 0.1) is 13.2 Å². The molecule has 1 aliphatic rings. The molecular weight excluding hydrogens is 315 g/mol. The molecule has 0 fully saturated rings. The smallest absolute Gasteiger partial charge is 0.128 e. The van der Waals surface area contributed by atoms with Crippen LogP contribution in [0.4, 0.5) is 4.39 Å². The van der Waals surface area contributed by atoms with Crippen LogP contribution in [-0.2, 0) is 9.02 Å². The van der Waals surface area contributed by atoms with Crippen molar-refractivity contribution in [2.75, 3.05) is 25.5 Å². The maximum absolute atomic E-state index is 13.8. The highest BCUT2D eigenvalue weighted by molar-refractivity contribution is 7.94. The Labute approximate surface area is 133 Å². The van der Waals surface area contributed by atoms with Gasteiger partial charge in [-0.05, 0) is 29.7 Å². The zero-order valence-electron chi connectivity index (χ0n) is 11.8. The predicted octanol–water partition coefficient (Wildman–Crippen LogP) is 3.57. The van der Waals surface area contributed by atoms with Gasteiger partial charge in [-0.1, -0.05) is 24.6 Å². The molecule has 1 atom stereocenters. The van der Waals surface area contributed by atoms with Crippen LogP contribution in [0.5, 0.6) is 0 Å². The Balaban J connectivity index is 1.72. The Hall–Kier alpha value is -0.820. The van der Waals surface area contributed by atoms with Gasteiger partial charge in [-0.3, -0.25) is 15.3 Å². The van der Waals surface area contributed by atoms with Crippen LogP contribution >= 0.6 is 23.6 Å². The fourth-order valence-electron chi connectivity index (χ4n) is 2.05. The van der Waals surface area contributed by atoms with E-state index in [0.29, 0.717) is 36.8 Å². The number of benzene rings is 1. The summed E-state index contributed by atoms with van der Waals surface area (Å²) in [6, 6.07) is 4.75. The molecular formula is C14H18ClFN2O2S. The molecule has 1 heterocycles. The molecule has 1 aromatic rings. The lowest BCUT2D eigenvalue weighted by Gasteiger charge is -2.11. The summed E-state index contributed by atoms with van der Waals surface area (Å²) < 4.78 is 19.1. The van der Waals surface area contributed by atoms with Gasteiger partial charge in [0.2, 0.25) is 0 Å². The van der Waals surface area contributed by atoms with Crippen molar-refractivity contribution in [1.29, 1.82) is 0 Å². The Bertz CT molecular complexity index is 502. The SMILES string of the molecule is CCSOCCONC1=NCC(c2ccc(Cl)cc2F)C1. The standard InChI is InChI=1S/C14H18ClFN2O2S/c1-2-21-20-6-5-19-18-14-7-10(9-17-14)12-4-3-11(15)8-13(12)16/h3-4,8,10H,2,5-7,9H2,1H3,(H,17,18). The second kappa shape index (κ2) is 8.58. The summed E-state index contributed by atoms with van der Waals surface area (Å²) in [5.74, 6) is 1.39. The van der Waals surface area contributed by atoms with Gasteiger partial charge in [0.25, 0.3) is 0 Å². The van der Waals surface area contributed by atoms with E-state index in [1.807, 2.05) is 6.92 Å². The van der Waals surface area contributed by atoms with Crippen LogP contribution in [0.3, 0.4) is 0 Å². The molecule has 0 spiro atoms. The van der Waals surface area contributed by atoms with Crippen molar-refractivity contribution in [3.63, 3.8) is 0 Å². The Morgan fingerprint density at radius 3 is 3.10 bits per heavy atom. The quantitative estimate of drug-likeness (QED) is 0.471. The first kappa shape index (κ1) is 16.5. The summed E-state index contributed by atoms with van der Waals surface area (Å²) in [7, 11) is 0. The molecule has 4 nitrogen and oxygen atoms in total. The highest BCUT2D eigenvalue weighted by Gasteiger charge is 2.23. The van der Waals surface area contributed by atoms with Crippen LogP contribution in [0, 0.1) is 5.82 Å². The number of nitrogens with one attached hydrogen (secondary N) is 1. The van der Waals surface area contributed by atoms with E-state index < -0.39 is 0 Å². The number of hydrogen-bond acceptors (Lipinski definition) is 5. The zero-order chi connectivity index (χ0) is 15.1. The third-order valence-electron chi connectivity index (χ3n) is 3.00. The fraction of sp³-hybridized carbons (Fsp3) is 0.500. The van der Waals surface area contributed by atoms with Crippen LogP contribution < -0.4 is 5.48 Å². The topological polar surface area (TPSA) is 42.9 Å². The number of hydroxylamine groups is 1. The third kappa shape index (κ3) is 5.14. The van der Waals surface area contributed by atoms with Gasteiger partial charge in [-0.15, -0.1) is 0 Å². The van der Waals surface area contributed by atoms with E-state index in [0.717, 1.165) is 11.6 Å². The number of halogens is 2. The molecule has 0 bridgehead atoms.